The number of Topliss-reactive ketones (excluding diaryl/α,β-unsaturated/α-hetero) is 1. The van der Waals surface area contributed by atoms with Gasteiger partial charge in [-0.25, -0.2) is 9.59 Å². The molecule has 0 bridgehead atoms. The van der Waals surface area contributed by atoms with Crippen molar-refractivity contribution < 1.29 is 28.7 Å². The van der Waals surface area contributed by atoms with Gasteiger partial charge < -0.3 is 26.4 Å². The van der Waals surface area contributed by atoms with Gasteiger partial charge in [0.05, 0.1) is 6.04 Å². The van der Waals surface area contributed by atoms with Crippen LogP contribution in [0.1, 0.15) is 59.9 Å². The first-order valence-electron chi connectivity index (χ1n) is 12.9. The third kappa shape index (κ3) is 10.8. The number of carbonyl (C=O) groups is 5. The van der Waals surface area contributed by atoms with E-state index in [-0.39, 0.29) is 36.1 Å². The van der Waals surface area contributed by atoms with Crippen molar-refractivity contribution >= 4 is 35.4 Å². The lowest BCUT2D eigenvalue weighted by Gasteiger charge is -2.31. The van der Waals surface area contributed by atoms with Gasteiger partial charge in [-0.15, -0.1) is 0 Å². The summed E-state index contributed by atoms with van der Waals surface area (Å²) in [4.78, 5) is 61.9. The molecule has 1 aromatic carbocycles. The fraction of sp³-hybridized carbons (Fsp3) is 0.593. The number of urea groups is 1. The monoisotopic (exact) mass is 533 g/mol. The van der Waals surface area contributed by atoms with Crippen molar-refractivity contribution in [3.05, 3.63) is 29.8 Å². The molecule has 0 radical (unpaired) electrons. The van der Waals surface area contributed by atoms with E-state index in [1.807, 2.05) is 27.7 Å². The smallest absolute Gasteiger partial charge is 0.410 e. The highest BCUT2D eigenvalue weighted by molar-refractivity contribution is 5.92. The van der Waals surface area contributed by atoms with Crippen LogP contribution in [0.3, 0.4) is 0 Å². The molecule has 1 aromatic rings. The van der Waals surface area contributed by atoms with Crippen LogP contribution in [0.25, 0.3) is 0 Å². The molecule has 212 valence electrons. The molecule has 0 heterocycles. The first-order valence-corrected chi connectivity index (χ1v) is 12.9. The molecule has 0 fully saturated rings. The molecular weight excluding hydrogens is 490 g/mol. The van der Waals surface area contributed by atoms with Gasteiger partial charge in [0, 0.05) is 25.2 Å². The minimum Gasteiger partial charge on any atom is -0.445 e. The van der Waals surface area contributed by atoms with Crippen LogP contribution >= 0.6 is 0 Å². The van der Waals surface area contributed by atoms with E-state index >= 15 is 0 Å². The number of amides is 5. The summed E-state index contributed by atoms with van der Waals surface area (Å²) in [5.41, 5.74) is 6.33. The van der Waals surface area contributed by atoms with E-state index in [9.17, 15) is 24.0 Å². The van der Waals surface area contributed by atoms with Gasteiger partial charge in [-0.1, -0.05) is 46.8 Å². The summed E-state index contributed by atoms with van der Waals surface area (Å²) in [7, 11) is 1.49. The predicted octanol–water partition coefficient (Wildman–Crippen LogP) is 3.03. The van der Waals surface area contributed by atoms with Crippen LogP contribution in [0.5, 0.6) is 0 Å². The molecule has 0 aliphatic heterocycles. The zero-order valence-corrected chi connectivity index (χ0v) is 23.5. The van der Waals surface area contributed by atoms with Crippen LogP contribution in [-0.2, 0) is 25.7 Å². The van der Waals surface area contributed by atoms with E-state index < -0.39 is 30.1 Å². The van der Waals surface area contributed by atoms with Crippen molar-refractivity contribution in [1.82, 2.24) is 15.5 Å². The molecule has 0 spiro atoms. The van der Waals surface area contributed by atoms with Gasteiger partial charge in [-0.3, -0.25) is 19.3 Å². The number of nitrogens with zero attached hydrogens (tertiary/aromatic N) is 1. The number of primary amides is 1. The van der Waals surface area contributed by atoms with Gasteiger partial charge in [-0.05, 0) is 49.3 Å². The van der Waals surface area contributed by atoms with Crippen LogP contribution in [-0.4, -0.2) is 60.3 Å². The summed E-state index contributed by atoms with van der Waals surface area (Å²) in [6.07, 6.45) is 0.556. The summed E-state index contributed by atoms with van der Waals surface area (Å²) in [5.74, 6) is -1.25. The maximum Gasteiger partial charge on any atom is 0.410 e. The second kappa shape index (κ2) is 15.6. The Balaban J connectivity index is 2.65. The number of hydrogen-bond acceptors (Lipinski definition) is 6. The molecule has 0 saturated carbocycles. The van der Waals surface area contributed by atoms with Gasteiger partial charge in [-0.2, -0.15) is 0 Å². The third-order valence-electron chi connectivity index (χ3n) is 6.15. The number of nitrogens with one attached hydrogen (secondary N) is 3. The summed E-state index contributed by atoms with van der Waals surface area (Å²) in [6.45, 7) is 11.0. The summed E-state index contributed by atoms with van der Waals surface area (Å²) in [5, 5.41) is 8.09. The van der Waals surface area contributed by atoms with Gasteiger partial charge in [0.15, 0.2) is 5.78 Å². The Morgan fingerprint density at radius 1 is 0.947 bits per heavy atom. The molecule has 3 atom stereocenters. The third-order valence-corrected chi connectivity index (χ3v) is 6.15. The molecule has 0 aliphatic rings. The average Bonchev–Trinajstić information content (AvgIpc) is 2.83. The molecular formula is C27H43N5O6. The maximum atomic E-state index is 12.9. The van der Waals surface area contributed by atoms with Crippen LogP contribution in [0, 0.1) is 17.8 Å². The summed E-state index contributed by atoms with van der Waals surface area (Å²) >= 11 is 0. The molecule has 38 heavy (non-hydrogen) atoms. The standard InChI is InChI=1S/C27H43N5O6/c1-16(2)22(19(6)33)31-25(35)23(17(3)4)32(7)27(37)38-15-20-10-12-21(13-11-20)30-24(34)18(5)9-8-14-29-26(28)36/h10-13,16-18,22-23H,8-9,14-15H2,1-7H3,(H,30,34)(H,31,35)(H3,28,29,36). The Morgan fingerprint density at radius 3 is 2.05 bits per heavy atom. The zero-order valence-electron chi connectivity index (χ0n) is 23.5. The van der Waals surface area contributed by atoms with E-state index in [1.165, 1.54) is 18.9 Å². The first kappa shape index (κ1) is 32.4. The number of rotatable bonds is 14. The topological polar surface area (TPSA) is 160 Å². The molecule has 0 aromatic heterocycles. The number of nitrogens with two attached hydrogens (primary N) is 1. The van der Waals surface area contributed by atoms with E-state index in [2.05, 4.69) is 16.0 Å². The van der Waals surface area contributed by atoms with Crippen molar-refractivity contribution in [2.24, 2.45) is 23.5 Å². The van der Waals surface area contributed by atoms with Gasteiger partial charge in [0.1, 0.15) is 12.6 Å². The van der Waals surface area contributed by atoms with E-state index in [0.717, 1.165) is 0 Å². The van der Waals surface area contributed by atoms with Crippen LogP contribution in [0.15, 0.2) is 24.3 Å². The molecule has 11 nitrogen and oxygen atoms in total. The average molecular weight is 534 g/mol. The largest absolute Gasteiger partial charge is 0.445 e. The maximum absolute atomic E-state index is 12.9. The lowest BCUT2D eigenvalue weighted by molar-refractivity contribution is -0.131. The van der Waals surface area contributed by atoms with Crippen LogP contribution < -0.4 is 21.7 Å². The number of carbonyl (C=O) groups excluding carboxylic acids is 5. The van der Waals surface area contributed by atoms with Gasteiger partial charge >= 0.3 is 12.1 Å². The van der Waals surface area contributed by atoms with Crippen molar-refractivity contribution in [2.75, 3.05) is 18.9 Å². The number of ketones is 1. The van der Waals surface area contributed by atoms with Crippen molar-refractivity contribution in [2.45, 2.75) is 73.1 Å². The lowest BCUT2D eigenvalue weighted by Crippen LogP contribution is -2.55. The van der Waals surface area contributed by atoms with Crippen molar-refractivity contribution in [3.8, 4) is 0 Å². The van der Waals surface area contributed by atoms with Crippen molar-refractivity contribution in [1.29, 1.82) is 0 Å². The molecule has 0 saturated heterocycles. The number of likely N-dealkylation sites (N-methyl/N-ethyl adjacent to an activating group) is 1. The first-order chi connectivity index (χ1) is 17.7. The molecule has 11 heteroatoms. The van der Waals surface area contributed by atoms with E-state index in [1.54, 1.807) is 31.2 Å². The molecule has 0 aliphatic carbocycles. The van der Waals surface area contributed by atoms with Crippen LogP contribution in [0.4, 0.5) is 15.3 Å². The minimum atomic E-state index is -0.811. The highest BCUT2D eigenvalue weighted by Crippen LogP contribution is 2.16. The number of ether oxygens (including phenoxy) is 1. The number of anilines is 1. The normalized spacial score (nSPS) is 13.3. The van der Waals surface area contributed by atoms with Crippen LogP contribution in [0.2, 0.25) is 0 Å². The Hall–Kier alpha value is -3.63. The SMILES string of the molecule is CC(=O)C(NC(=O)C(C(C)C)N(C)C(=O)OCc1ccc(NC(=O)C(C)CCCNC(N)=O)cc1)C(C)C. The fourth-order valence-electron chi connectivity index (χ4n) is 3.96. The summed E-state index contributed by atoms with van der Waals surface area (Å²) in [6, 6.07) is 4.86. The Kier molecular flexibility index (Phi) is 13.3. The van der Waals surface area contributed by atoms with E-state index in [0.29, 0.717) is 30.6 Å². The highest BCUT2D eigenvalue weighted by Gasteiger charge is 2.33. The molecule has 5 amide bonds. The summed E-state index contributed by atoms with van der Waals surface area (Å²) < 4.78 is 5.42. The number of benzene rings is 1. The number of hydrogen-bond donors (Lipinski definition) is 4. The Bertz CT molecular complexity index is 963. The second-order valence-corrected chi connectivity index (χ2v) is 10.2. The Morgan fingerprint density at radius 2 is 1.55 bits per heavy atom. The fourth-order valence-corrected chi connectivity index (χ4v) is 3.96. The second-order valence-electron chi connectivity index (χ2n) is 10.2. The van der Waals surface area contributed by atoms with Crippen molar-refractivity contribution in [3.63, 3.8) is 0 Å². The molecule has 5 N–H and O–H groups in total. The highest BCUT2D eigenvalue weighted by atomic mass is 16.6. The zero-order chi connectivity index (χ0) is 29.0. The molecule has 1 rings (SSSR count). The molecule has 3 unspecified atom stereocenters. The minimum absolute atomic E-state index is 0.0187. The van der Waals surface area contributed by atoms with Gasteiger partial charge in [0.25, 0.3) is 0 Å². The lowest BCUT2D eigenvalue weighted by atomic mass is 9.97. The van der Waals surface area contributed by atoms with Gasteiger partial charge in [0.2, 0.25) is 11.8 Å². The Labute approximate surface area is 225 Å². The quantitative estimate of drug-likeness (QED) is 0.269. The predicted molar refractivity (Wildman–Crippen MR) is 145 cm³/mol. The van der Waals surface area contributed by atoms with E-state index in [4.69, 9.17) is 10.5 Å².